The van der Waals surface area contributed by atoms with Crippen LogP contribution in [0.3, 0.4) is 0 Å². The Morgan fingerprint density at radius 1 is 1.24 bits per heavy atom. The largest absolute Gasteiger partial charge is 0.626 e. The van der Waals surface area contributed by atoms with Crippen molar-refractivity contribution in [1.82, 2.24) is 9.97 Å². The van der Waals surface area contributed by atoms with Gasteiger partial charge in [-0.1, -0.05) is 0 Å². The number of amides is 1. The number of aliphatic carboxylic acids is 2. The van der Waals surface area contributed by atoms with Crippen molar-refractivity contribution in [2.24, 2.45) is 4.99 Å². The van der Waals surface area contributed by atoms with E-state index in [1.807, 2.05) is 0 Å². The van der Waals surface area contributed by atoms with Crippen LogP contribution in [0.5, 0.6) is 0 Å². The predicted octanol–water partition coefficient (Wildman–Crippen LogP) is -1.20. The number of hydrogen-bond acceptors (Lipinski definition) is 10. The first-order valence-electron chi connectivity index (χ1n) is 9.73. The molecule has 0 saturated carbocycles. The topological polar surface area (TPSA) is 227 Å². The summed E-state index contributed by atoms with van der Waals surface area (Å²) in [6.07, 6.45) is -1.02. The lowest BCUT2D eigenvalue weighted by Crippen LogP contribution is -3.15. The molecule has 1 amide bonds. The fourth-order valence-electron chi connectivity index (χ4n) is 3.08. The maximum Gasteiger partial charge on any atom is 0.363 e. The van der Waals surface area contributed by atoms with E-state index >= 15 is 0 Å². The van der Waals surface area contributed by atoms with Gasteiger partial charge in [0.15, 0.2) is 17.5 Å². The van der Waals surface area contributed by atoms with Crippen LogP contribution in [0.25, 0.3) is 0 Å². The highest BCUT2D eigenvalue weighted by molar-refractivity contribution is 5.97. The number of aromatic amines is 1. The molecule has 3 rings (SSSR count). The smallest absolute Gasteiger partial charge is 0.363 e. The van der Waals surface area contributed by atoms with Crippen LogP contribution in [0.1, 0.15) is 23.2 Å². The lowest BCUT2D eigenvalue weighted by Gasteiger charge is -2.25. The number of nitrogen functional groups attached to an aromatic ring is 1. The summed E-state index contributed by atoms with van der Waals surface area (Å²) >= 11 is 0. The number of H-pyrrole nitrogens is 1. The molecule has 1 aliphatic heterocycles. The average Bonchev–Trinajstić information content (AvgIpc) is 2.77. The number of hydrogen-bond donors (Lipinski definition) is 7. The third-order valence-corrected chi connectivity index (χ3v) is 4.77. The summed E-state index contributed by atoms with van der Waals surface area (Å²) in [4.78, 5) is 56.9. The van der Waals surface area contributed by atoms with E-state index < -0.39 is 47.4 Å². The molecule has 1 aromatic carbocycles. The van der Waals surface area contributed by atoms with Crippen molar-refractivity contribution in [1.29, 1.82) is 0 Å². The van der Waals surface area contributed by atoms with Crippen molar-refractivity contribution in [2.75, 3.05) is 29.5 Å². The quantitative estimate of drug-likeness (QED) is 0.220. The van der Waals surface area contributed by atoms with Gasteiger partial charge in [-0.15, -0.1) is 0 Å². The lowest BCUT2D eigenvalue weighted by atomic mass is 10.1. The van der Waals surface area contributed by atoms with Crippen molar-refractivity contribution in [2.45, 2.75) is 18.9 Å². The van der Waals surface area contributed by atoms with Crippen LogP contribution in [-0.4, -0.2) is 62.9 Å². The minimum Gasteiger partial charge on any atom is -0.626 e. The molecule has 14 nitrogen and oxygen atoms in total. The normalized spacial score (nSPS) is 14.3. The van der Waals surface area contributed by atoms with E-state index in [0.717, 1.165) is 0 Å². The van der Waals surface area contributed by atoms with Crippen LogP contribution >= 0.6 is 0 Å². The minimum absolute atomic E-state index is 0.0204. The Morgan fingerprint density at radius 2 is 1.94 bits per heavy atom. The number of nitrogens with two attached hydrogens (primary N) is 1. The summed E-state index contributed by atoms with van der Waals surface area (Å²) in [6, 6.07) is 4.03. The zero-order valence-corrected chi connectivity index (χ0v) is 17.1. The van der Waals surface area contributed by atoms with Crippen LogP contribution in [0.2, 0.25) is 0 Å². The van der Waals surface area contributed by atoms with E-state index in [2.05, 4.69) is 25.6 Å². The fourth-order valence-corrected chi connectivity index (χ4v) is 3.08. The first-order valence-corrected chi connectivity index (χ1v) is 9.73. The minimum atomic E-state index is -1.72. The number of anilines is 3. The molecule has 0 saturated heterocycles. The molecule has 174 valence electrons. The van der Waals surface area contributed by atoms with Crippen LogP contribution in [-0.2, 0) is 9.59 Å². The second kappa shape index (κ2) is 9.88. The molecule has 0 aliphatic carbocycles. The number of nitrogens with one attached hydrogen (secondary N) is 4. The van der Waals surface area contributed by atoms with Gasteiger partial charge in [-0.05, 0) is 24.3 Å². The van der Waals surface area contributed by atoms with Gasteiger partial charge >= 0.3 is 17.8 Å². The molecule has 14 heteroatoms. The van der Waals surface area contributed by atoms with E-state index in [1.165, 1.54) is 24.3 Å². The number of carboxylic acid groups (broad SMARTS) is 2. The Morgan fingerprint density at radius 3 is 2.58 bits per heavy atom. The molecule has 1 aliphatic rings. The highest BCUT2D eigenvalue weighted by atomic mass is 16.5. The van der Waals surface area contributed by atoms with Crippen molar-refractivity contribution >= 4 is 46.7 Å². The van der Waals surface area contributed by atoms with Gasteiger partial charge in [0.05, 0.1) is 30.8 Å². The Labute approximate surface area is 185 Å². The number of carbonyl (C=O) groups is 3. The molecule has 0 spiro atoms. The number of rotatable bonds is 9. The van der Waals surface area contributed by atoms with Gasteiger partial charge in [-0.3, -0.25) is 19.6 Å². The van der Waals surface area contributed by atoms with Gasteiger partial charge in [0, 0.05) is 12.1 Å². The monoisotopic (exact) mass is 459 g/mol. The summed E-state index contributed by atoms with van der Waals surface area (Å²) in [5.74, 6) is -3.55. The second-order valence-corrected chi connectivity index (χ2v) is 7.13. The standard InChI is InChI=1S/C19H21N7O7/c20-19-24-15-14(16(29)25-19)23-11(8-22-15)7-21-10-3-1-9(2-4-10)17(30)26(33)12(18(31)32)5-6-13(27)28/h1-4,12,21,26H,5-8H2,(H,27,28)(H,31,32)(H4,20,22,24,25,29)/t12-/m0/s1. The molecule has 2 atom stereocenters. The predicted molar refractivity (Wildman–Crippen MR) is 117 cm³/mol. The molecule has 8 N–H and O–H groups in total. The van der Waals surface area contributed by atoms with E-state index in [4.69, 9.17) is 15.9 Å². The number of aromatic nitrogens is 2. The third kappa shape index (κ3) is 5.69. The van der Waals surface area contributed by atoms with E-state index in [0.29, 0.717) is 17.9 Å². The maximum absolute atomic E-state index is 12.4. The molecular formula is C19H21N7O7. The van der Waals surface area contributed by atoms with Gasteiger partial charge in [0.25, 0.3) is 5.56 Å². The summed E-state index contributed by atoms with van der Waals surface area (Å²) in [5.41, 5.74) is 6.31. The van der Waals surface area contributed by atoms with Gasteiger partial charge in [0.2, 0.25) is 5.95 Å². The highest BCUT2D eigenvalue weighted by Crippen LogP contribution is 2.21. The molecule has 2 aromatic rings. The van der Waals surface area contributed by atoms with Crippen LogP contribution in [0, 0.1) is 5.21 Å². The Hall–Kier alpha value is -4.30. The molecule has 0 bridgehead atoms. The number of fused-ring (bicyclic) bond motifs is 1. The fraction of sp³-hybridized carbons (Fsp3) is 0.263. The van der Waals surface area contributed by atoms with Crippen molar-refractivity contribution in [3.05, 3.63) is 45.4 Å². The maximum atomic E-state index is 12.4. The average molecular weight is 459 g/mol. The second-order valence-electron chi connectivity index (χ2n) is 7.13. The van der Waals surface area contributed by atoms with Gasteiger partial charge in [-0.2, -0.15) is 4.98 Å². The molecule has 1 unspecified atom stereocenters. The van der Waals surface area contributed by atoms with Crippen LogP contribution in [0.15, 0.2) is 34.1 Å². The summed E-state index contributed by atoms with van der Waals surface area (Å²) in [5, 5.41) is 35.0. The molecular weight excluding hydrogens is 438 g/mol. The van der Waals surface area contributed by atoms with Gasteiger partial charge in [0.1, 0.15) is 0 Å². The van der Waals surface area contributed by atoms with Crippen molar-refractivity contribution < 1.29 is 29.7 Å². The summed E-state index contributed by atoms with van der Waals surface area (Å²) in [6.45, 7) is 0.590. The molecule has 0 fully saturated rings. The van der Waals surface area contributed by atoms with Gasteiger partial charge < -0.3 is 31.8 Å². The van der Waals surface area contributed by atoms with Crippen molar-refractivity contribution in [3.63, 3.8) is 0 Å². The zero-order chi connectivity index (χ0) is 24.1. The SMILES string of the molecule is Nc1nc2c(c(=O)[nH]1)N=C(CNc1ccc(C(=O)[NH+]([O-])[C@@H](CCC(=O)O)C(=O)O)cc1)CN2. The Kier molecular flexibility index (Phi) is 7.00. The van der Waals surface area contributed by atoms with E-state index in [-0.39, 0.29) is 29.6 Å². The lowest BCUT2D eigenvalue weighted by molar-refractivity contribution is -0.778. The number of benzene rings is 1. The summed E-state index contributed by atoms with van der Waals surface area (Å²) in [7, 11) is 0. The number of carbonyl (C=O) groups excluding carboxylic acids is 1. The molecule has 0 radical (unpaired) electrons. The number of quaternary nitrogens is 1. The number of aliphatic imine (C=N–C) groups is 1. The van der Waals surface area contributed by atoms with Crippen molar-refractivity contribution in [3.8, 4) is 0 Å². The Balaban J connectivity index is 1.63. The molecule has 2 heterocycles. The molecule has 33 heavy (non-hydrogen) atoms. The third-order valence-electron chi connectivity index (χ3n) is 4.77. The first kappa shape index (κ1) is 23.4. The molecule has 1 aromatic heterocycles. The van der Waals surface area contributed by atoms with E-state index in [1.54, 1.807) is 0 Å². The number of nitrogens with zero attached hydrogens (tertiary/aromatic N) is 2. The highest BCUT2D eigenvalue weighted by Gasteiger charge is 2.30. The summed E-state index contributed by atoms with van der Waals surface area (Å²) < 4.78 is 0. The number of carboxylic acids is 2. The zero-order valence-electron chi connectivity index (χ0n) is 17.1. The van der Waals surface area contributed by atoms with Crippen LogP contribution in [0.4, 0.5) is 23.1 Å². The Bertz CT molecular complexity index is 1160. The van der Waals surface area contributed by atoms with Crippen LogP contribution < -0.4 is 27.0 Å². The van der Waals surface area contributed by atoms with E-state index in [9.17, 15) is 24.4 Å². The van der Waals surface area contributed by atoms with Gasteiger partial charge in [-0.25, -0.2) is 14.6 Å². The first-order chi connectivity index (χ1) is 15.7. The number of hydroxylamine groups is 2.